The molecule has 0 saturated carbocycles. The van der Waals surface area contributed by atoms with Gasteiger partial charge in [0.05, 0.1) is 0 Å². The van der Waals surface area contributed by atoms with Crippen molar-refractivity contribution in [2.24, 2.45) is 0 Å². The van der Waals surface area contributed by atoms with E-state index in [1.807, 2.05) is 18.2 Å². The van der Waals surface area contributed by atoms with E-state index < -0.39 is 6.04 Å². The zero-order chi connectivity index (χ0) is 15.4. The van der Waals surface area contributed by atoms with Gasteiger partial charge in [0.2, 0.25) is 12.7 Å². The van der Waals surface area contributed by atoms with E-state index in [0.717, 1.165) is 18.4 Å². The van der Waals surface area contributed by atoms with Crippen LogP contribution in [0.3, 0.4) is 0 Å². The van der Waals surface area contributed by atoms with Crippen molar-refractivity contribution < 1.29 is 19.1 Å². The van der Waals surface area contributed by atoms with E-state index in [1.54, 1.807) is 0 Å². The standard InChI is InChI=1S/C15H19N3O4/c19-14-11(3-1-2-6-16-14)18-15(20)17-8-10-4-5-12-13(7-10)22-9-21-12/h4-5,7,11H,1-3,6,8-9H2,(H,16,19)(H2,17,18,20)/t11-/m1/s1. The highest BCUT2D eigenvalue weighted by Gasteiger charge is 2.22. The molecule has 0 radical (unpaired) electrons. The topological polar surface area (TPSA) is 88.7 Å². The van der Waals surface area contributed by atoms with Crippen LogP contribution in [0.25, 0.3) is 0 Å². The molecule has 0 unspecified atom stereocenters. The summed E-state index contributed by atoms with van der Waals surface area (Å²) in [6, 6.07) is 4.71. The minimum Gasteiger partial charge on any atom is -0.454 e. The van der Waals surface area contributed by atoms with Crippen LogP contribution in [0.4, 0.5) is 4.79 Å². The average Bonchev–Trinajstić information content (AvgIpc) is 2.89. The average molecular weight is 305 g/mol. The molecule has 3 rings (SSSR count). The number of fused-ring (bicyclic) bond motifs is 1. The Morgan fingerprint density at radius 3 is 3.05 bits per heavy atom. The highest BCUT2D eigenvalue weighted by molar-refractivity contribution is 5.87. The zero-order valence-corrected chi connectivity index (χ0v) is 12.2. The van der Waals surface area contributed by atoms with Gasteiger partial charge in [-0.05, 0) is 37.0 Å². The van der Waals surface area contributed by atoms with Crippen LogP contribution in [-0.2, 0) is 11.3 Å². The summed E-state index contributed by atoms with van der Waals surface area (Å²) in [5, 5.41) is 8.26. The molecule has 3 amide bonds. The fourth-order valence-electron chi connectivity index (χ4n) is 2.52. The minimum atomic E-state index is -0.459. The number of hydrogen-bond donors (Lipinski definition) is 3. The van der Waals surface area contributed by atoms with Crippen molar-refractivity contribution in [3.63, 3.8) is 0 Å². The van der Waals surface area contributed by atoms with E-state index in [4.69, 9.17) is 9.47 Å². The number of benzene rings is 1. The Morgan fingerprint density at radius 2 is 2.14 bits per heavy atom. The maximum absolute atomic E-state index is 11.9. The van der Waals surface area contributed by atoms with Gasteiger partial charge in [-0.1, -0.05) is 6.07 Å². The molecule has 2 aliphatic heterocycles. The van der Waals surface area contributed by atoms with Gasteiger partial charge in [-0.25, -0.2) is 4.79 Å². The van der Waals surface area contributed by atoms with Crippen molar-refractivity contribution in [3.05, 3.63) is 23.8 Å². The van der Waals surface area contributed by atoms with Crippen molar-refractivity contribution >= 4 is 11.9 Å². The Hall–Kier alpha value is -2.44. The summed E-state index contributed by atoms with van der Waals surface area (Å²) in [7, 11) is 0. The first kappa shape index (κ1) is 14.5. The van der Waals surface area contributed by atoms with Crippen LogP contribution >= 0.6 is 0 Å². The molecule has 1 aromatic rings. The number of amides is 3. The second kappa shape index (κ2) is 6.55. The van der Waals surface area contributed by atoms with Crippen LogP contribution in [0.5, 0.6) is 11.5 Å². The van der Waals surface area contributed by atoms with Crippen LogP contribution in [0.2, 0.25) is 0 Å². The van der Waals surface area contributed by atoms with Gasteiger partial charge in [-0.15, -0.1) is 0 Å². The summed E-state index contributed by atoms with van der Waals surface area (Å²) in [5.74, 6) is 1.28. The monoisotopic (exact) mass is 305 g/mol. The molecule has 0 spiro atoms. The van der Waals surface area contributed by atoms with Gasteiger partial charge in [-0.3, -0.25) is 4.79 Å². The van der Waals surface area contributed by atoms with E-state index in [1.165, 1.54) is 0 Å². The Morgan fingerprint density at radius 1 is 1.27 bits per heavy atom. The third-order valence-corrected chi connectivity index (χ3v) is 3.73. The number of hydrogen-bond acceptors (Lipinski definition) is 4. The Balaban J connectivity index is 1.50. The van der Waals surface area contributed by atoms with Crippen LogP contribution in [0.1, 0.15) is 24.8 Å². The van der Waals surface area contributed by atoms with Crippen LogP contribution in [0.15, 0.2) is 18.2 Å². The van der Waals surface area contributed by atoms with E-state index in [9.17, 15) is 9.59 Å². The van der Waals surface area contributed by atoms with E-state index >= 15 is 0 Å². The number of carbonyl (C=O) groups is 2. The van der Waals surface area contributed by atoms with Crippen LogP contribution < -0.4 is 25.4 Å². The molecule has 1 atom stereocenters. The molecular formula is C15H19N3O4. The molecule has 118 valence electrons. The van der Waals surface area contributed by atoms with Gasteiger partial charge in [0.15, 0.2) is 11.5 Å². The maximum Gasteiger partial charge on any atom is 0.315 e. The first-order chi connectivity index (χ1) is 10.7. The summed E-state index contributed by atoms with van der Waals surface area (Å²) < 4.78 is 10.5. The van der Waals surface area contributed by atoms with Crippen molar-refractivity contribution in [2.45, 2.75) is 31.8 Å². The summed E-state index contributed by atoms with van der Waals surface area (Å²) >= 11 is 0. The molecule has 0 aromatic heterocycles. The molecule has 1 fully saturated rings. The predicted molar refractivity (Wildman–Crippen MR) is 78.6 cm³/mol. The lowest BCUT2D eigenvalue weighted by molar-refractivity contribution is -0.122. The molecule has 3 N–H and O–H groups in total. The third kappa shape index (κ3) is 3.41. The molecule has 0 bridgehead atoms. The normalized spacial score (nSPS) is 20.0. The largest absolute Gasteiger partial charge is 0.454 e. The molecular weight excluding hydrogens is 286 g/mol. The molecule has 0 aliphatic carbocycles. The van der Waals surface area contributed by atoms with E-state index in [2.05, 4.69) is 16.0 Å². The molecule has 2 heterocycles. The van der Waals surface area contributed by atoms with Gasteiger partial charge in [0.1, 0.15) is 6.04 Å². The van der Waals surface area contributed by atoms with Crippen molar-refractivity contribution in [3.8, 4) is 11.5 Å². The summed E-state index contributed by atoms with van der Waals surface area (Å²) in [5.41, 5.74) is 0.907. The fourth-order valence-corrected chi connectivity index (χ4v) is 2.52. The quantitative estimate of drug-likeness (QED) is 0.773. The summed E-state index contributed by atoms with van der Waals surface area (Å²) in [6.07, 6.45) is 2.54. The molecule has 22 heavy (non-hydrogen) atoms. The second-order valence-corrected chi connectivity index (χ2v) is 5.35. The SMILES string of the molecule is O=C(NCc1ccc2c(c1)OCO2)N[C@@H]1CCCCNC1=O. The molecule has 7 nitrogen and oxygen atoms in total. The van der Waals surface area contributed by atoms with Crippen LogP contribution in [-0.4, -0.2) is 31.3 Å². The van der Waals surface area contributed by atoms with Crippen molar-refractivity contribution in [1.82, 2.24) is 16.0 Å². The lowest BCUT2D eigenvalue weighted by Crippen LogP contribution is -2.48. The van der Waals surface area contributed by atoms with E-state index in [0.29, 0.717) is 31.0 Å². The first-order valence-electron chi connectivity index (χ1n) is 7.43. The number of rotatable bonds is 3. The Labute approximate surface area is 128 Å². The fraction of sp³-hybridized carbons (Fsp3) is 0.467. The second-order valence-electron chi connectivity index (χ2n) is 5.35. The minimum absolute atomic E-state index is 0.115. The first-order valence-corrected chi connectivity index (χ1v) is 7.43. The number of urea groups is 1. The molecule has 7 heteroatoms. The predicted octanol–water partition coefficient (Wildman–Crippen LogP) is 0.883. The lowest BCUT2D eigenvalue weighted by atomic mass is 10.1. The van der Waals surface area contributed by atoms with Gasteiger partial charge >= 0.3 is 6.03 Å². The highest BCUT2D eigenvalue weighted by atomic mass is 16.7. The maximum atomic E-state index is 11.9. The molecule has 1 saturated heterocycles. The van der Waals surface area contributed by atoms with E-state index in [-0.39, 0.29) is 18.7 Å². The van der Waals surface area contributed by atoms with Gasteiger partial charge < -0.3 is 25.4 Å². The molecule has 2 aliphatic rings. The smallest absolute Gasteiger partial charge is 0.315 e. The van der Waals surface area contributed by atoms with Gasteiger partial charge in [0, 0.05) is 13.1 Å². The van der Waals surface area contributed by atoms with Gasteiger partial charge in [-0.2, -0.15) is 0 Å². The Kier molecular flexibility index (Phi) is 4.32. The number of nitrogens with one attached hydrogen (secondary N) is 3. The number of ether oxygens (including phenoxy) is 2. The molecule has 1 aromatic carbocycles. The van der Waals surface area contributed by atoms with Gasteiger partial charge in [0.25, 0.3) is 0 Å². The Bertz CT molecular complexity index is 576. The van der Waals surface area contributed by atoms with Crippen molar-refractivity contribution in [1.29, 1.82) is 0 Å². The van der Waals surface area contributed by atoms with Crippen LogP contribution in [0, 0.1) is 0 Å². The van der Waals surface area contributed by atoms with Crippen molar-refractivity contribution in [2.75, 3.05) is 13.3 Å². The third-order valence-electron chi connectivity index (χ3n) is 3.73. The lowest BCUT2D eigenvalue weighted by Gasteiger charge is -2.15. The zero-order valence-electron chi connectivity index (χ0n) is 12.2. The number of carbonyl (C=O) groups excluding carboxylic acids is 2. The summed E-state index contributed by atoms with van der Waals surface area (Å²) in [6.45, 7) is 1.26. The summed E-state index contributed by atoms with van der Waals surface area (Å²) in [4.78, 5) is 23.7. The highest BCUT2D eigenvalue weighted by Crippen LogP contribution is 2.32.